The molecule has 1 aliphatic carbocycles. The summed E-state index contributed by atoms with van der Waals surface area (Å²) in [4.78, 5) is 0. The van der Waals surface area contributed by atoms with E-state index in [1.54, 1.807) is 0 Å². The molecule has 1 nitrogen and oxygen atoms in total. The maximum Gasteiger partial charge on any atom is 0.00955 e. The fourth-order valence-corrected chi connectivity index (χ4v) is 3.13. The molecule has 2 fully saturated rings. The first-order valence-corrected chi connectivity index (χ1v) is 5.91. The van der Waals surface area contributed by atoms with Crippen LogP contribution in [0.3, 0.4) is 0 Å². The maximum atomic E-state index is 3.74. The highest BCUT2D eigenvalue weighted by Crippen LogP contribution is 2.38. The molecule has 0 aromatic heterocycles. The Balaban J connectivity index is 2.03. The van der Waals surface area contributed by atoms with Crippen molar-refractivity contribution in [3.8, 4) is 0 Å². The summed E-state index contributed by atoms with van der Waals surface area (Å²) in [7, 11) is 0. The van der Waals surface area contributed by atoms with Crippen LogP contribution in [0.1, 0.15) is 52.4 Å². The fraction of sp³-hybridized carbons (Fsp3) is 1.00. The van der Waals surface area contributed by atoms with E-state index in [9.17, 15) is 0 Å². The van der Waals surface area contributed by atoms with Crippen LogP contribution in [0.15, 0.2) is 0 Å². The van der Waals surface area contributed by atoms with Gasteiger partial charge in [0, 0.05) is 6.04 Å². The Morgan fingerprint density at radius 2 is 1.92 bits per heavy atom. The molecular weight excluding hydrogens is 158 g/mol. The number of rotatable bonds is 0. The van der Waals surface area contributed by atoms with Gasteiger partial charge in [0.25, 0.3) is 0 Å². The zero-order chi connectivity index (χ0) is 9.31. The summed E-state index contributed by atoms with van der Waals surface area (Å²) < 4.78 is 0. The van der Waals surface area contributed by atoms with Crippen molar-refractivity contribution < 1.29 is 0 Å². The van der Waals surface area contributed by atoms with Gasteiger partial charge in [-0.15, -0.1) is 0 Å². The van der Waals surface area contributed by atoms with E-state index in [-0.39, 0.29) is 0 Å². The van der Waals surface area contributed by atoms with Crippen molar-refractivity contribution in [2.75, 3.05) is 6.54 Å². The predicted octanol–water partition coefficient (Wildman–Crippen LogP) is 2.95. The molecule has 0 bridgehead atoms. The van der Waals surface area contributed by atoms with Gasteiger partial charge in [0.15, 0.2) is 0 Å². The molecule has 0 amide bonds. The molecule has 1 aliphatic heterocycles. The van der Waals surface area contributed by atoms with Gasteiger partial charge in [-0.3, -0.25) is 0 Å². The van der Waals surface area contributed by atoms with Gasteiger partial charge in [0.2, 0.25) is 0 Å². The van der Waals surface area contributed by atoms with Gasteiger partial charge in [0.1, 0.15) is 0 Å². The van der Waals surface area contributed by atoms with Gasteiger partial charge in [0.05, 0.1) is 0 Å². The molecule has 1 N–H and O–H groups in total. The summed E-state index contributed by atoms with van der Waals surface area (Å²) in [6.07, 6.45) is 8.64. The summed E-state index contributed by atoms with van der Waals surface area (Å²) in [5, 5.41) is 3.74. The Hall–Kier alpha value is -0.0400. The van der Waals surface area contributed by atoms with Crippen molar-refractivity contribution in [1.82, 2.24) is 5.32 Å². The van der Waals surface area contributed by atoms with Crippen molar-refractivity contribution in [1.29, 1.82) is 0 Å². The molecule has 1 saturated heterocycles. The van der Waals surface area contributed by atoms with Gasteiger partial charge < -0.3 is 5.32 Å². The minimum Gasteiger partial charge on any atom is -0.314 e. The Morgan fingerprint density at radius 3 is 2.77 bits per heavy atom. The second-order valence-electron chi connectivity index (χ2n) is 5.72. The summed E-state index contributed by atoms with van der Waals surface area (Å²) in [5.41, 5.74) is 0.587. The third-order valence-corrected chi connectivity index (χ3v) is 3.93. The Labute approximate surface area is 82.3 Å². The van der Waals surface area contributed by atoms with Crippen molar-refractivity contribution in [2.24, 2.45) is 11.3 Å². The number of fused-ring (bicyclic) bond motifs is 1. The molecule has 2 rings (SSSR count). The van der Waals surface area contributed by atoms with Crippen molar-refractivity contribution >= 4 is 0 Å². The largest absolute Gasteiger partial charge is 0.314 e. The number of nitrogens with one attached hydrogen (secondary N) is 1. The van der Waals surface area contributed by atoms with Crippen LogP contribution in [0, 0.1) is 11.3 Å². The number of hydrogen-bond acceptors (Lipinski definition) is 1. The SMILES string of the molecule is CC1(C)CCNC2CCCCC2C1. The van der Waals surface area contributed by atoms with Crippen LogP contribution in [0.5, 0.6) is 0 Å². The first kappa shape index (κ1) is 9.51. The molecule has 1 heterocycles. The normalized spacial score (nSPS) is 39.2. The summed E-state index contributed by atoms with van der Waals surface area (Å²) in [6, 6.07) is 0.857. The van der Waals surface area contributed by atoms with E-state index in [0.717, 1.165) is 12.0 Å². The molecule has 2 unspecified atom stereocenters. The Kier molecular flexibility index (Phi) is 2.64. The molecule has 0 radical (unpaired) electrons. The van der Waals surface area contributed by atoms with E-state index in [0.29, 0.717) is 5.41 Å². The third kappa shape index (κ3) is 2.25. The van der Waals surface area contributed by atoms with Crippen LogP contribution in [-0.2, 0) is 0 Å². The predicted molar refractivity (Wildman–Crippen MR) is 56.8 cm³/mol. The minimum atomic E-state index is 0.587. The van der Waals surface area contributed by atoms with Gasteiger partial charge in [-0.1, -0.05) is 26.7 Å². The van der Waals surface area contributed by atoms with E-state index >= 15 is 0 Å². The molecule has 1 heteroatoms. The monoisotopic (exact) mass is 181 g/mol. The molecule has 0 spiro atoms. The Bertz CT molecular complexity index is 174. The van der Waals surface area contributed by atoms with Crippen LogP contribution in [0.25, 0.3) is 0 Å². The van der Waals surface area contributed by atoms with Crippen LogP contribution >= 0.6 is 0 Å². The first-order valence-electron chi connectivity index (χ1n) is 5.91. The Morgan fingerprint density at radius 1 is 1.15 bits per heavy atom. The summed E-state index contributed by atoms with van der Waals surface area (Å²) in [6.45, 7) is 6.12. The summed E-state index contributed by atoms with van der Waals surface area (Å²) in [5.74, 6) is 0.978. The van der Waals surface area contributed by atoms with E-state index in [2.05, 4.69) is 19.2 Å². The van der Waals surface area contributed by atoms with Crippen LogP contribution < -0.4 is 5.32 Å². The minimum absolute atomic E-state index is 0.587. The topological polar surface area (TPSA) is 12.0 Å². The highest BCUT2D eigenvalue weighted by molar-refractivity contribution is 4.88. The standard InChI is InChI=1S/C12H23N/c1-12(2)7-8-13-11-6-4-3-5-10(11)9-12/h10-11,13H,3-9H2,1-2H3. The molecule has 13 heavy (non-hydrogen) atoms. The molecule has 1 saturated carbocycles. The molecule has 0 aromatic carbocycles. The fourth-order valence-electron chi connectivity index (χ4n) is 3.13. The van der Waals surface area contributed by atoms with Crippen LogP contribution in [0.4, 0.5) is 0 Å². The second kappa shape index (κ2) is 3.61. The van der Waals surface area contributed by atoms with Crippen molar-refractivity contribution in [2.45, 2.75) is 58.4 Å². The lowest BCUT2D eigenvalue weighted by Crippen LogP contribution is -2.37. The van der Waals surface area contributed by atoms with E-state index < -0.39 is 0 Å². The third-order valence-electron chi connectivity index (χ3n) is 3.93. The van der Waals surface area contributed by atoms with Crippen molar-refractivity contribution in [3.63, 3.8) is 0 Å². The van der Waals surface area contributed by atoms with Crippen LogP contribution in [0.2, 0.25) is 0 Å². The highest BCUT2D eigenvalue weighted by atomic mass is 14.9. The van der Waals surface area contributed by atoms with Gasteiger partial charge in [-0.2, -0.15) is 0 Å². The lowest BCUT2D eigenvalue weighted by molar-refractivity contribution is 0.211. The molecule has 2 atom stereocenters. The number of hydrogen-bond donors (Lipinski definition) is 1. The molecule has 2 aliphatic rings. The zero-order valence-electron chi connectivity index (χ0n) is 9.10. The lowest BCUT2D eigenvalue weighted by Gasteiger charge is -2.33. The smallest absolute Gasteiger partial charge is 0.00955 e. The molecule has 0 aromatic rings. The van der Waals surface area contributed by atoms with E-state index in [1.165, 1.54) is 45.1 Å². The quantitative estimate of drug-likeness (QED) is 0.606. The van der Waals surface area contributed by atoms with Gasteiger partial charge in [-0.25, -0.2) is 0 Å². The summed E-state index contributed by atoms with van der Waals surface area (Å²) >= 11 is 0. The molecule has 76 valence electrons. The second-order valence-corrected chi connectivity index (χ2v) is 5.72. The maximum absolute atomic E-state index is 3.74. The average Bonchev–Trinajstić information content (AvgIpc) is 2.21. The average molecular weight is 181 g/mol. The van der Waals surface area contributed by atoms with E-state index in [1.807, 2.05) is 0 Å². The lowest BCUT2D eigenvalue weighted by atomic mass is 9.74. The van der Waals surface area contributed by atoms with Gasteiger partial charge >= 0.3 is 0 Å². The molecular formula is C12H23N. The first-order chi connectivity index (χ1) is 6.17. The van der Waals surface area contributed by atoms with Gasteiger partial charge in [-0.05, 0) is 43.6 Å². The highest BCUT2D eigenvalue weighted by Gasteiger charge is 2.33. The van der Waals surface area contributed by atoms with Crippen LogP contribution in [-0.4, -0.2) is 12.6 Å². The van der Waals surface area contributed by atoms with E-state index in [4.69, 9.17) is 0 Å². The zero-order valence-corrected chi connectivity index (χ0v) is 9.10. The van der Waals surface area contributed by atoms with Crippen molar-refractivity contribution in [3.05, 3.63) is 0 Å².